The van der Waals surface area contributed by atoms with Gasteiger partial charge in [-0.25, -0.2) is 0 Å². The van der Waals surface area contributed by atoms with Gasteiger partial charge in [0.25, 0.3) is 0 Å². The fourth-order valence-corrected chi connectivity index (χ4v) is 5.70. The van der Waals surface area contributed by atoms with Gasteiger partial charge in [-0.15, -0.1) is 0 Å². The third-order valence-corrected chi connectivity index (χ3v) is 6.75. The van der Waals surface area contributed by atoms with Crippen LogP contribution < -0.4 is 10.6 Å². The summed E-state index contributed by atoms with van der Waals surface area (Å²) in [4.78, 5) is 5.17. The molecule has 2 saturated heterocycles. The van der Waals surface area contributed by atoms with Crippen molar-refractivity contribution in [2.24, 2.45) is 11.3 Å². The van der Waals surface area contributed by atoms with Crippen LogP contribution in [-0.4, -0.2) is 52.3 Å². The maximum atomic E-state index is 6.48. The van der Waals surface area contributed by atoms with Gasteiger partial charge < -0.3 is 15.1 Å². The Labute approximate surface area is 161 Å². The van der Waals surface area contributed by atoms with Crippen LogP contribution in [-0.2, 0) is 4.43 Å². The molecule has 3 rings (SSSR count). The van der Waals surface area contributed by atoms with Gasteiger partial charge in [0.05, 0.1) is 6.10 Å². The Bertz CT molecular complexity index is 570. The SMILES string of the molecule is C[SiH](C)OC(C1CCN(C2CN(c3ccc(N)cc3)C2)CC1)C(C)(C)C. The van der Waals surface area contributed by atoms with Crippen molar-refractivity contribution < 1.29 is 4.43 Å². The van der Waals surface area contributed by atoms with E-state index >= 15 is 0 Å². The second kappa shape index (κ2) is 7.91. The van der Waals surface area contributed by atoms with Gasteiger partial charge in [0.1, 0.15) is 0 Å². The molecule has 26 heavy (non-hydrogen) atoms. The van der Waals surface area contributed by atoms with E-state index < -0.39 is 9.04 Å². The fourth-order valence-electron chi connectivity index (χ4n) is 4.49. The van der Waals surface area contributed by atoms with Crippen molar-refractivity contribution in [2.45, 2.75) is 58.9 Å². The zero-order valence-corrected chi connectivity index (χ0v) is 18.4. The summed E-state index contributed by atoms with van der Waals surface area (Å²) < 4.78 is 6.48. The summed E-state index contributed by atoms with van der Waals surface area (Å²) in [5.41, 5.74) is 8.18. The molecule has 0 radical (unpaired) electrons. The quantitative estimate of drug-likeness (QED) is 0.631. The highest BCUT2D eigenvalue weighted by Gasteiger charge is 2.39. The van der Waals surface area contributed by atoms with E-state index in [0.29, 0.717) is 12.1 Å². The van der Waals surface area contributed by atoms with E-state index in [1.54, 1.807) is 0 Å². The summed E-state index contributed by atoms with van der Waals surface area (Å²) in [6.07, 6.45) is 2.98. The Morgan fingerprint density at radius 1 is 1.08 bits per heavy atom. The lowest BCUT2D eigenvalue weighted by molar-refractivity contribution is -0.00458. The van der Waals surface area contributed by atoms with Gasteiger partial charge in [0, 0.05) is 30.5 Å². The molecular weight excluding hydrogens is 338 g/mol. The molecule has 146 valence electrons. The summed E-state index contributed by atoms with van der Waals surface area (Å²) in [5, 5.41) is 0. The van der Waals surface area contributed by atoms with Crippen LogP contribution in [0.5, 0.6) is 0 Å². The fraction of sp³-hybridized carbons (Fsp3) is 0.714. The number of anilines is 2. The number of nitrogens with two attached hydrogens (primary N) is 1. The first kappa shape index (κ1) is 19.7. The van der Waals surface area contributed by atoms with E-state index in [2.05, 4.69) is 55.8 Å². The monoisotopic (exact) mass is 375 g/mol. The maximum Gasteiger partial charge on any atom is 0.171 e. The molecule has 1 atom stereocenters. The van der Waals surface area contributed by atoms with Gasteiger partial charge in [-0.05, 0) is 74.6 Å². The summed E-state index contributed by atoms with van der Waals surface area (Å²) in [6.45, 7) is 16.4. The zero-order valence-electron chi connectivity index (χ0n) is 17.2. The van der Waals surface area contributed by atoms with Crippen LogP contribution in [0.3, 0.4) is 0 Å². The minimum atomic E-state index is -1.01. The minimum absolute atomic E-state index is 0.243. The highest BCUT2D eigenvalue weighted by atomic mass is 28.3. The standard InChI is InChI=1S/C21H37N3OSi/c1-21(2,3)20(25-26(4)5)16-10-12-23(13-11-16)19-14-24(15-19)18-8-6-17(22)7-9-18/h6-9,16,19-20,26H,10-15,22H2,1-5H3. The van der Waals surface area contributed by atoms with Crippen LogP contribution in [0, 0.1) is 11.3 Å². The predicted molar refractivity (Wildman–Crippen MR) is 114 cm³/mol. The van der Waals surface area contributed by atoms with Crippen molar-refractivity contribution in [3.63, 3.8) is 0 Å². The molecule has 0 amide bonds. The molecule has 0 bridgehead atoms. The van der Waals surface area contributed by atoms with Crippen LogP contribution >= 0.6 is 0 Å². The number of likely N-dealkylation sites (tertiary alicyclic amines) is 1. The summed E-state index contributed by atoms with van der Waals surface area (Å²) >= 11 is 0. The number of hydrogen-bond acceptors (Lipinski definition) is 4. The molecule has 0 aromatic heterocycles. The van der Waals surface area contributed by atoms with Crippen molar-refractivity contribution in [3.8, 4) is 0 Å². The molecule has 0 spiro atoms. The first-order valence-electron chi connectivity index (χ1n) is 10.2. The third-order valence-electron chi connectivity index (χ3n) is 5.91. The number of nitrogens with zero attached hydrogens (tertiary/aromatic N) is 2. The molecule has 1 aromatic rings. The molecule has 1 aromatic carbocycles. The lowest BCUT2D eigenvalue weighted by Gasteiger charge is -2.50. The molecule has 5 heteroatoms. The minimum Gasteiger partial charge on any atom is -0.417 e. The Kier molecular flexibility index (Phi) is 6.00. The van der Waals surface area contributed by atoms with Crippen LogP contribution in [0.1, 0.15) is 33.6 Å². The molecule has 4 nitrogen and oxygen atoms in total. The lowest BCUT2D eigenvalue weighted by Crippen LogP contribution is -2.61. The molecule has 0 saturated carbocycles. The van der Waals surface area contributed by atoms with Gasteiger partial charge in [-0.1, -0.05) is 20.8 Å². The average molecular weight is 376 g/mol. The van der Waals surface area contributed by atoms with Gasteiger partial charge in [-0.2, -0.15) is 0 Å². The molecule has 2 fully saturated rings. The second-order valence-electron chi connectivity index (χ2n) is 9.50. The second-order valence-corrected chi connectivity index (χ2v) is 11.9. The molecule has 0 aliphatic carbocycles. The van der Waals surface area contributed by atoms with Crippen molar-refractivity contribution in [1.29, 1.82) is 0 Å². The van der Waals surface area contributed by atoms with Crippen molar-refractivity contribution >= 4 is 20.4 Å². The van der Waals surface area contributed by atoms with Crippen LogP contribution in [0.25, 0.3) is 0 Å². The molecule has 2 N–H and O–H groups in total. The Hall–Kier alpha value is -1.04. The third kappa shape index (κ3) is 4.62. The van der Waals surface area contributed by atoms with Crippen molar-refractivity contribution in [2.75, 3.05) is 36.8 Å². The first-order chi connectivity index (χ1) is 12.2. The highest BCUT2D eigenvalue weighted by molar-refractivity contribution is 6.48. The highest BCUT2D eigenvalue weighted by Crippen LogP contribution is 2.36. The van der Waals surface area contributed by atoms with E-state index in [4.69, 9.17) is 10.2 Å². The van der Waals surface area contributed by atoms with Gasteiger partial charge in [-0.3, -0.25) is 4.90 Å². The molecular formula is C21H37N3OSi. The van der Waals surface area contributed by atoms with E-state index in [-0.39, 0.29) is 5.41 Å². The van der Waals surface area contributed by atoms with E-state index in [1.807, 2.05) is 12.1 Å². The average Bonchev–Trinajstić information content (AvgIpc) is 2.53. The Morgan fingerprint density at radius 2 is 1.65 bits per heavy atom. The smallest absolute Gasteiger partial charge is 0.171 e. The van der Waals surface area contributed by atoms with E-state index in [1.165, 1.54) is 31.6 Å². The molecule has 2 aliphatic rings. The van der Waals surface area contributed by atoms with Crippen molar-refractivity contribution in [3.05, 3.63) is 24.3 Å². The molecule has 2 heterocycles. The Morgan fingerprint density at radius 3 is 2.15 bits per heavy atom. The largest absolute Gasteiger partial charge is 0.417 e. The summed E-state index contributed by atoms with van der Waals surface area (Å²) in [7, 11) is -1.01. The van der Waals surface area contributed by atoms with E-state index in [9.17, 15) is 0 Å². The van der Waals surface area contributed by atoms with Gasteiger partial charge >= 0.3 is 0 Å². The van der Waals surface area contributed by atoms with Crippen LogP contribution in [0.4, 0.5) is 11.4 Å². The first-order valence-corrected chi connectivity index (χ1v) is 13.0. The van der Waals surface area contributed by atoms with Crippen LogP contribution in [0.2, 0.25) is 13.1 Å². The van der Waals surface area contributed by atoms with Crippen LogP contribution in [0.15, 0.2) is 24.3 Å². The topological polar surface area (TPSA) is 41.7 Å². The number of rotatable bonds is 5. The molecule has 2 aliphatic heterocycles. The lowest BCUT2D eigenvalue weighted by atomic mass is 9.77. The zero-order chi connectivity index (χ0) is 18.9. The summed E-state index contributed by atoms with van der Waals surface area (Å²) in [5.74, 6) is 0.717. The number of benzene rings is 1. The maximum absolute atomic E-state index is 6.48. The number of nitrogen functional groups attached to an aromatic ring is 1. The predicted octanol–water partition coefficient (Wildman–Crippen LogP) is 3.58. The summed E-state index contributed by atoms with van der Waals surface area (Å²) in [6, 6.07) is 8.98. The molecule has 1 unspecified atom stereocenters. The number of piperidine rings is 1. The normalized spacial score (nSPS) is 21.8. The Balaban J connectivity index is 1.49. The van der Waals surface area contributed by atoms with Gasteiger partial charge in [0.15, 0.2) is 9.04 Å². The number of hydrogen-bond donors (Lipinski definition) is 1. The van der Waals surface area contributed by atoms with Gasteiger partial charge in [0.2, 0.25) is 0 Å². The van der Waals surface area contributed by atoms with Crippen molar-refractivity contribution in [1.82, 2.24) is 4.90 Å². The van der Waals surface area contributed by atoms with E-state index in [0.717, 1.165) is 24.7 Å².